The number of esters is 1. The van der Waals surface area contributed by atoms with Gasteiger partial charge in [-0.15, -0.1) is 0 Å². The second-order valence-electron chi connectivity index (χ2n) is 7.35. The van der Waals surface area contributed by atoms with Gasteiger partial charge >= 0.3 is 5.97 Å². The van der Waals surface area contributed by atoms with Crippen molar-refractivity contribution in [1.29, 1.82) is 0 Å². The van der Waals surface area contributed by atoms with Crippen molar-refractivity contribution in [2.24, 2.45) is 23.7 Å². The van der Waals surface area contributed by atoms with Crippen LogP contribution in [0.25, 0.3) is 0 Å². The van der Waals surface area contributed by atoms with Gasteiger partial charge in [0.1, 0.15) is 12.6 Å². The molecule has 1 saturated heterocycles. The number of nitrogens with zero attached hydrogens (tertiary/aromatic N) is 1. The van der Waals surface area contributed by atoms with Gasteiger partial charge in [-0.3, -0.25) is 19.3 Å². The number of methoxy groups -OCH3 is 1. The van der Waals surface area contributed by atoms with Crippen LogP contribution < -0.4 is 0 Å². The van der Waals surface area contributed by atoms with E-state index in [0.29, 0.717) is 0 Å². The van der Waals surface area contributed by atoms with Crippen molar-refractivity contribution >= 4 is 17.8 Å². The fourth-order valence-electron chi connectivity index (χ4n) is 4.92. The lowest BCUT2D eigenvalue weighted by Gasteiger charge is -2.30. The number of allylic oxidation sites excluding steroid dienone is 2. The highest BCUT2D eigenvalue weighted by Gasteiger charge is 2.59. The molecule has 130 valence electrons. The highest BCUT2D eigenvalue weighted by molar-refractivity contribution is 6.08. The third kappa shape index (κ3) is 2.39. The van der Waals surface area contributed by atoms with Crippen LogP contribution in [0.3, 0.4) is 0 Å². The van der Waals surface area contributed by atoms with Gasteiger partial charge in [0.2, 0.25) is 11.8 Å². The molecule has 6 atom stereocenters. The van der Waals surface area contributed by atoms with Crippen LogP contribution in [-0.4, -0.2) is 48.5 Å². The number of carbonyl (C=O) groups excluding carboxylic acids is 3. The van der Waals surface area contributed by atoms with Crippen molar-refractivity contribution in [1.82, 2.24) is 4.90 Å². The van der Waals surface area contributed by atoms with Crippen LogP contribution in [0.15, 0.2) is 12.2 Å². The van der Waals surface area contributed by atoms with Crippen molar-refractivity contribution in [3.05, 3.63) is 12.2 Å². The molecule has 2 bridgehead atoms. The largest absolute Gasteiger partial charge is 0.458 e. The lowest BCUT2D eigenvalue weighted by Crippen LogP contribution is -2.41. The predicted molar refractivity (Wildman–Crippen MR) is 83.6 cm³/mol. The van der Waals surface area contributed by atoms with Gasteiger partial charge < -0.3 is 9.47 Å². The van der Waals surface area contributed by atoms with Crippen LogP contribution >= 0.6 is 0 Å². The predicted octanol–water partition coefficient (Wildman–Crippen LogP) is 1.29. The van der Waals surface area contributed by atoms with Crippen molar-refractivity contribution < 1.29 is 23.9 Å². The maximum Gasteiger partial charge on any atom is 0.326 e. The molecule has 6 unspecified atom stereocenters. The van der Waals surface area contributed by atoms with Gasteiger partial charge in [-0.05, 0) is 37.5 Å². The van der Waals surface area contributed by atoms with Crippen molar-refractivity contribution in [3.63, 3.8) is 0 Å². The van der Waals surface area contributed by atoms with Crippen molar-refractivity contribution in [3.8, 4) is 0 Å². The van der Waals surface area contributed by atoms with E-state index in [1.54, 1.807) is 7.11 Å². The van der Waals surface area contributed by atoms with E-state index < -0.39 is 5.97 Å². The Morgan fingerprint density at radius 3 is 2.25 bits per heavy atom. The van der Waals surface area contributed by atoms with Crippen LogP contribution in [0, 0.1) is 23.7 Å². The average molecular weight is 333 g/mol. The summed E-state index contributed by atoms with van der Waals surface area (Å²) in [5, 5.41) is 0. The minimum atomic E-state index is -0.508. The number of ether oxygens (including phenoxy) is 2. The fourth-order valence-corrected chi connectivity index (χ4v) is 4.92. The number of rotatable bonds is 4. The summed E-state index contributed by atoms with van der Waals surface area (Å²) in [7, 11) is 1.62. The molecular weight excluding hydrogens is 310 g/mol. The summed E-state index contributed by atoms with van der Waals surface area (Å²) in [6.45, 7) is -0.267. The van der Waals surface area contributed by atoms with Crippen LogP contribution in [0.5, 0.6) is 0 Å². The molecule has 0 aromatic carbocycles. The maximum atomic E-state index is 12.6. The smallest absolute Gasteiger partial charge is 0.326 e. The molecule has 0 aromatic heterocycles. The summed E-state index contributed by atoms with van der Waals surface area (Å²) in [5.74, 6) is -1.12. The van der Waals surface area contributed by atoms with Gasteiger partial charge in [-0.2, -0.15) is 0 Å². The Balaban J connectivity index is 1.40. The first-order valence-electron chi connectivity index (χ1n) is 8.86. The molecule has 3 fully saturated rings. The lowest BCUT2D eigenvalue weighted by molar-refractivity contribution is -0.164. The normalized spacial score (nSPS) is 40.3. The molecule has 2 amide bonds. The number of amides is 2. The zero-order chi connectivity index (χ0) is 16.8. The van der Waals surface area contributed by atoms with E-state index in [4.69, 9.17) is 9.47 Å². The third-order valence-electron chi connectivity index (χ3n) is 6.08. The molecule has 6 nitrogen and oxygen atoms in total. The van der Waals surface area contributed by atoms with Gasteiger partial charge in [0.05, 0.1) is 17.9 Å². The first-order valence-corrected chi connectivity index (χ1v) is 8.86. The molecule has 2 saturated carbocycles. The number of hydrogen-bond donors (Lipinski definition) is 0. The molecule has 6 heteroatoms. The van der Waals surface area contributed by atoms with Gasteiger partial charge in [-0.1, -0.05) is 18.6 Å². The molecule has 0 radical (unpaired) electrons. The molecule has 0 aromatic rings. The number of hydrogen-bond acceptors (Lipinski definition) is 5. The van der Waals surface area contributed by atoms with Crippen molar-refractivity contribution in [2.75, 3.05) is 13.7 Å². The van der Waals surface area contributed by atoms with E-state index in [1.165, 1.54) is 0 Å². The van der Waals surface area contributed by atoms with E-state index in [1.807, 2.05) is 12.2 Å². The Labute approximate surface area is 141 Å². The first kappa shape index (κ1) is 15.8. The first-order chi connectivity index (χ1) is 11.6. The summed E-state index contributed by atoms with van der Waals surface area (Å²) in [6, 6.07) is 0. The Hall–Kier alpha value is -1.69. The van der Waals surface area contributed by atoms with Gasteiger partial charge in [0.15, 0.2) is 0 Å². The zero-order valence-corrected chi connectivity index (χ0v) is 13.8. The topological polar surface area (TPSA) is 72.9 Å². The third-order valence-corrected chi connectivity index (χ3v) is 6.08. The fraction of sp³-hybridized carbons (Fsp3) is 0.722. The molecule has 4 rings (SSSR count). The van der Waals surface area contributed by atoms with E-state index in [-0.39, 0.29) is 54.2 Å². The highest BCUT2D eigenvalue weighted by Crippen LogP contribution is 2.52. The minimum Gasteiger partial charge on any atom is -0.458 e. The highest BCUT2D eigenvalue weighted by atomic mass is 16.6. The van der Waals surface area contributed by atoms with E-state index >= 15 is 0 Å². The van der Waals surface area contributed by atoms with Gasteiger partial charge in [0.25, 0.3) is 0 Å². The summed E-state index contributed by atoms with van der Waals surface area (Å²) >= 11 is 0. The van der Waals surface area contributed by atoms with Gasteiger partial charge in [0, 0.05) is 7.11 Å². The molecular formula is C18H23NO5. The van der Waals surface area contributed by atoms with E-state index in [2.05, 4.69) is 0 Å². The molecule has 1 aliphatic heterocycles. The second-order valence-corrected chi connectivity index (χ2v) is 7.35. The SMILES string of the molecule is COC1CCCCC1OC(=O)CN1C(=O)C2C3C=CC(C3)C2C1=O. The van der Waals surface area contributed by atoms with E-state index in [9.17, 15) is 14.4 Å². The molecule has 3 aliphatic carbocycles. The summed E-state index contributed by atoms with van der Waals surface area (Å²) in [4.78, 5) is 38.5. The monoisotopic (exact) mass is 333 g/mol. The molecule has 1 heterocycles. The number of imide groups is 1. The van der Waals surface area contributed by atoms with Crippen LogP contribution in [0.1, 0.15) is 32.1 Å². The maximum absolute atomic E-state index is 12.6. The Bertz CT molecular complexity index is 570. The van der Waals surface area contributed by atoms with Crippen LogP contribution in [0.2, 0.25) is 0 Å². The van der Waals surface area contributed by atoms with E-state index in [0.717, 1.165) is 37.0 Å². The molecule has 4 aliphatic rings. The second kappa shape index (κ2) is 5.99. The number of fused-ring (bicyclic) bond motifs is 5. The summed E-state index contributed by atoms with van der Waals surface area (Å²) in [6.07, 6.45) is 8.32. The lowest BCUT2D eigenvalue weighted by atomic mass is 9.85. The Kier molecular flexibility index (Phi) is 3.95. The van der Waals surface area contributed by atoms with Crippen molar-refractivity contribution in [2.45, 2.75) is 44.3 Å². The minimum absolute atomic E-state index is 0.0906. The standard InChI is InChI=1S/C18H23NO5/c1-23-12-4-2-3-5-13(12)24-14(20)9-19-17(21)15-10-6-7-11(8-10)16(15)18(19)22/h6-7,10-13,15-16H,2-5,8-9H2,1H3. The summed E-state index contributed by atoms with van der Waals surface area (Å²) < 4.78 is 10.9. The average Bonchev–Trinajstić information content (AvgIpc) is 3.25. The number of carbonyl (C=O) groups is 3. The quantitative estimate of drug-likeness (QED) is 0.440. The van der Waals surface area contributed by atoms with Gasteiger partial charge in [-0.25, -0.2) is 0 Å². The summed E-state index contributed by atoms with van der Waals surface area (Å²) in [5.41, 5.74) is 0. The van der Waals surface area contributed by atoms with Crippen LogP contribution in [0.4, 0.5) is 0 Å². The number of likely N-dealkylation sites (tertiary alicyclic amines) is 1. The van der Waals surface area contributed by atoms with Crippen LogP contribution in [-0.2, 0) is 23.9 Å². The zero-order valence-electron chi connectivity index (χ0n) is 13.8. The Morgan fingerprint density at radius 1 is 1.08 bits per heavy atom. The molecule has 24 heavy (non-hydrogen) atoms. The Morgan fingerprint density at radius 2 is 1.67 bits per heavy atom. The molecule has 0 N–H and O–H groups in total. The molecule has 0 spiro atoms.